The summed E-state index contributed by atoms with van der Waals surface area (Å²) >= 11 is 0. The van der Waals surface area contributed by atoms with Crippen LogP contribution in [-0.2, 0) is 19.6 Å². The van der Waals surface area contributed by atoms with Crippen molar-refractivity contribution < 1.29 is 17.9 Å². The van der Waals surface area contributed by atoms with Gasteiger partial charge in [-0.05, 0) is 61.4 Å². The summed E-state index contributed by atoms with van der Waals surface area (Å²) in [6.45, 7) is 1.81. The number of H-pyrrole nitrogens is 1. The fraction of sp³-hybridized carbons (Fsp3) is 0.393. The van der Waals surface area contributed by atoms with Crippen LogP contribution in [-0.4, -0.2) is 56.1 Å². The molecule has 1 amide bonds. The van der Waals surface area contributed by atoms with E-state index >= 15 is 0 Å². The number of nitrogens with zero attached hydrogens (tertiary/aromatic N) is 1. The molecule has 7 nitrogen and oxygen atoms in total. The zero-order chi connectivity index (χ0) is 24.7. The molecule has 2 fully saturated rings. The van der Waals surface area contributed by atoms with Gasteiger partial charge in [0.1, 0.15) is 0 Å². The van der Waals surface area contributed by atoms with Gasteiger partial charge in [-0.3, -0.25) is 4.79 Å². The molecule has 1 aliphatic heterocycles. The second kappa shape index (κ2) is 9.50. The van der Waals surface area contributed by atoms with E-state index in [1.54, 1.807) is 12.1 Å². The van der Waals surface area contributed by atoms with Crippen molar-refractivity contribution >= 4 is 26.8 Å². The molecule has 188 valence electrons. The van der Waals surface area contributed by atoms with E-state index in [-0.39, 0.29) is 28.8 Å². The molecular weight excluding hydrogens is 474 g/mol. The number of hydrogen-bond acceptors (Lipinski definition) is 4. The van der Waals surface area contributed by atoms with E-state index < -0.39 is 10.0 Å². The van der Waals surface area contributed by atoms with Gasteiger partial charge in [0, 0.05) is 35.1 Å². The molecule has 2 aliphatic carbocycles. The van der Waals surface area contributed by atoms with Gasteiger partial charge in [0.2, 0.25) is 15.9 Å². The molecule has 3 aromatic rings. The van der Waals surface area contributed by atoms with Gasteiger partial charge in [0.05, 0.1) is 24.2 Å². The molecule has 0 unspecified atom stereocenters. The standard InChI is InChI=1S/C28H31N3O4S/c32-28(31-14-15-35-18-27(31)20-6-7-20)21-8-11-23(12-9-21)30-36(33,34)24-13-10-22-16-25(29-26(22)17-24)19-4-2-1-3-5-19/h1-6,10,13,16-17,21,23,27,29-30H,7-9,11-12,14-15,18H2/t21?,23?,27-/m1/s1. The number of nitrogens with one attached hydrogen (secondary N) is 2. The van der Waals surface area contributed by atoms with E-state index in [0.29, 0.717) is 45.4 Å². The Hall–Kier alpha value is -2.94. The molecule has 0 radical (unpaired) electrons. The third kappa shape index (κ3) is 4.73. The summed E-state index contributed by atoms with van der Waals surface area (Å²) in [6.07, 6.45) is 5.87. The quantitative estimate of drug-likeness (QED) is 0.491. The minimum absolute atomic E-state index is 0.0441. The third-order valence-corrected chi connectivity index (χ3v) is 9.18. The molecular formula is C28H31N3O4S. The van der Waals surface area contributed by atoms with Crippen LogP contribution in [0.15, 0.2) is 71.1 Å². The SMILES string of the molecule is O=C(C1CCC(NS(=O)(=O)c2ccc3cc(-c4ccccc4)[nH]c3c2)CC1)N1CCOC[C@@H]1C1=CC1. The maximum atomic E-state index is 13.2. The van der Waals surface area contributed by atoms with E-state index in [9.17, 15) is 13.2 Å². The van der Waals surface area contributed by atoms with Crippen LogP contribution in [0.1, 0.15) is 32.1 Å². The van der Waals surface area contributed by atoms with Gasteiger partial charge in [-0.1, -0.05) is 42.5 Å². The van der Waals surface area contributed by atoms with Crippen molar-refractivity contribution in [3.63, 3.8) is 0 Å². The summed E-state index contributed by atoms with van der Waals surface area (Å²) in [6, 6.07) is 17.1. The number of aromatic amines is 1. The highest BCUT2D eigenvalue weighted by Crippen LogP contribution is 2.33. The molecule has 1 aromatic heterocycles. The molecule has 6 rings (SSSR count). The molecule has 2 aromatic carbocycles. The Morgan fingerprint density at radius 1 is 1.03 bits per heavy atom. The van der Waals surface area contributed by atoms with Crippen LogP contribution in [0.2, 0.25) is 0 Å². The van der Waals surface area contributed by atoms with E-state index in [2.05, 4.69) is 15.8 Å². The number of rotatable bonds is 6. The van der Waals surface area contributed by atoms with Crippen molar-refractivity contribution in [1.29, 1.82) is 0 Å². The summed E-state index contributed by atoms with van der Waals surface area (Å²) in [5, 5.41) is 0.968. The topological polar surface area (TPSA) is 91.5 Å². The average molecular weight is 506 g/mol. The van der Waals surface area contributed by atoms with E-state index in [0.717, 1.165) is 28.6 Å². The first kappa shape index (κ1) is 23.5. The Bertz CT molecular complexity index is 1410. The van der Waals surface area contributed by atoms with Crippen LogP contribution in [0.25, 0.3) is 22.2 Å². The van der Waals surface area contributed by atoms with Crippen molar-refractivity contribution in [3.8, 4) is 11.3 Å². The van der Waals surface area contributed by atoms with Crippen LogP contribution in [0.3, 0.4) is 0 Å². The highest BCUT2D eigenvalue weighted by atomic mass is 32.2. The summed E-state index contributed by atoms with van der Waals surface area (Å²) in [5.41, 5.74) is 4.10. The normalized spacial score (nSPS) is 24.5. The molecule has 8 heteroatoms. The first-order valence-corrected chi connectivity index (χ1v) is 14.2. The minimum atomic E-state index is -3.67. The molecule has 0 spiro atoms. The molecule has 36 heavy (non-hydrogen) atoms. The number of aromatic nitrogens is 1. The van der Waals surface area contributed by atoms with Crippen LogP contribution in [0.4, 0.5) is 0 Å². The first-order chi connectivity index (χ1) is 17.5. The lowest BCUT2D eigenvalue weighted by Crippen LogP contribution is -2.51. The Balaban J connectivity index is 1.10. The van der Waals surface area contributed by atoms with Crippen LogP contribution in [0.5, 0.6) is 0 Å². The number of morpholine rings is 1. The number of carbonyl (C=O) groups excluding carboxylic acids is 1. The molecule has 3 aliphatic rings. The lowest BCUT2D eigenvalue weighted by Gasteiger charge is -2.38. The fourth-order valence-corrected chi connectivity index (χ4v) is 6.86. The predicted octanol–water partition coefficient (Wildman–Crippen LogP) is 4.23. The summed E-state index contributed by atoms with van der Waals surface area (Å²) in [4.78, 5) is 18.8. The number of fused-ring (bicyclic) bond motifs is 1. The van der Waals surface area contributed by atoms with Gasteiger partial charge in [-0.15, -0.1) is 0 Å². The zero-order valence-electron chi connectivity index (χ0n) is 20.2. The summed E-state index contributed by atoms with van der Waals surface area (Å²) < 4.78 is 34.9. The van der Waals surface area contributed by atoms with Crippen LogP contribution < -0.4 is 4.72 Å². The number of amides is 1. The third-order valence-electron chi connectivity index (χ3n) is 7.67. The first-order valence-electron chi connectivity index (χ1n) is 12.8. The molecule has 1 saturated heterocycles. The molecule has 1 saturated carbocycles. The minimum Gasteiger partial charge on any atom is -0.377 e. The van der Waals surface area contributed by atoms with Crippen LogP contribution in [0, 0.1) is 5.92 Å². The molecule has 2 N–H and O–H groups in total. The van der Waals surface area contributed by atoms with Crippen molar-refractivity contribution in [2.24, 2.45) is 5.92 Å². The largest absolute Gasteiger partial charge is 0.377 e. The molecule has 0 bridgehead atoms. The molecule has 2 heterocycles. The lowest BCUT2D eigenvalue weighted by atomic mass is 9.85. The smallest absolute Gasteiger partial charge is 0.240 e. The van der Waals surface area contributed by atoms with Crippen molar-refractivity contribution in [1.82, 2.24) is 14.6 Å². The van der Waals surface area contributed by atoms with Crippen molar-refractivity contribution in [2.45, 2.75) is 49.1 Å². The fourth-order valence-electron chi connectivity index (χ4n) is 5.53. The van der Waals surface area contributed by atoms with Gasteiger partial charge in [0.15, 0.2) is 0 Å². The molecule has 1 atom stereocenters. The second-order valence-corrected chi connectivity index (χ2v) is 11.8. The van der Waals surface area contributed by atoms with E-state index in [1.807, 2.05) is 47.4 Å². The number of sulfonamides is 1. The monoisotopic (exact) mass is 505 g/mol. The van der Waals surface area contributed by atoms with Gasteiger partial charge in [-0.25, -0.2) is 13.1 Å². The Kier molecular flexibility index (Phi) is 6.19. The number of ether oxygens (including phenoxy) is 1. The summed E-state index contributed by atoms with van der Waals surface area (Å²) in [5.74, 6) is 0.154. The highest BCUT2D eigenvalue weighted by Gasteiger charge is 2.37. The number of allylic oxidation sites excluding steroid dienone is 1. The second-order valence-electron chi connectivity index (χ2n) is 10.1. The maximum absolute atomic E-state index is 13.2. The van der Waals surface area contributed by atoms with E-state index in [4.69, 9.17) is 4.74 Å². The highest BCUT2D eigenvalue weighted by molar-refractivity contribution is 7.89. The average Bonchev–Trinajstić information content (AvgIpc) is 3.67. The van der Waals surface area contributed by atoms with Gasteiger partial charge in [-0.2, -0.15) is 0 Å². The number of benzene rings is 2. The lowest BCUT2D eigenvalue weighted by molar-refractivity contribution is -0.143. The Morgan fingerprint density at radius 2 is 1.81 bits per heavy atom. The van der Waals surface area contributed by atoms with Gasteiger partial charge in [0.25, 0.3) is 0 Å². The van der Waals surface area contributed by atoms with E-state index in [1.165, 1.54) is 5.57 Å². The van der Waals surface area contributed by atoms with Gasteiger partial charge >= 0.3 is 0 Å². The Labute approximate surface area is 211 Å². The van der Waals surface area contributed by atoms with Crippen molar-refractivity contribution in [2.75, 3.05) is 19.8 Å². The van der Waals surface area contributed by atoms with Gasteiger partial charge < -0.3 is 14.6 Å². The number of hydrogen-bond donors (Lipinski definition) is 2. The van der Waals surface area contributed by atoms with Crippen molar-refractivity contribution in [3.05, 3.63) is 66.2 Å². The zero-order valence-corrected chi connectivity index (χ0v) is 21.0. The maximum Gasteiger partial charge on any atom is 0.240 e. The number of carbonyl (C=O) groups is 1. The summed E-state index contributed by atoms with van der Waals surface area (Å²) in [7, 11) is -3.67. The predicted molar refractivity (Wildman–Crippen MR) is 139 cm³/mol. The Morgan fingerprint density at radius 3 is 2.56 bits per heavy atom. The van der Waals surface area contributed by atoms with Crippen LogP contribution >= 0.6 is 0 Å².